The molecular weight excluding hydrogens is 533 g/mol. The van der Waals surface area contributed by atoms with Crippen molar-refractivity contribution in [1.29, 1.82) is 0 Å². The van der Waals surface area contributed by atoms with Crippen LogP contribution in [0.1, 0.15) is 25.8 Å². The summed E-state index contributed by atoms with van der Waals surface area (Å²) in [7, 11) is 0. The summed E-state index contributed by atoms with van der Waals surface area (Å²) in [5, 5.41) is 3.53. The van der Waals surface area contributed by atoms with Crippen LogP contribution >= 0.6 is 0 Å². The van der Waals surface area contributed by atoms with E-state index in [0.29, 0.717) is 17.7 Å². The van der Waals surface area contributed by atoms with Crippen LogP contribution in [0.3, 0.4) is 0 Å². The molecule has 34 heavy (non-hydrogen) atoms. The molecule has 3 rings (SSSR count). The van der Waals surface area contributed by atoms with Gasteiger partial charge in [0.05, 0.1) is 6.61 Å². The summed E-state index contributed by atoms with van der Waals surface area (Å²) in [4.78, 5) is 33.7. The van der Waals surface area contributed by atoms with E-state index in [1.54, 1.807) is 13.1 Å². The standard InChI is InChI=1S/C13H15NO.C11H11N2O2.3CH3.Sn/c1-3-8-15-13-5-4-10(2)12-9-14-7-6-11(12)13;1-9(2)11(15)13(12-8-14)10-6-4-3-5-7-10;;;;/h4-7,9H,3,8H2,1-2H3;4-8H,1H2,2H3,(H,12,14);3*1H3;. The second-order valence-electron chi connectivity index (χ2n) is 9.12. The Kier molecular flexibility index (Phi) is 10.1. The number of fused-ring (bicyclic) bond motifs is 1. The zero-order chi connectivity index (χ0) is 25.3. The molecule has 0 aliphatic rings. The second kappa shape index (κ2) is 12.6. The number of aromatic nitrogens is 1. The number of nitrogens with zero attached hydrogens (tertiary/aromatic N) is 2. The molecule has 1 aromatic heterocycles. The van der Waals surface area contributed by atoms with E-state index in [0.717, 1.165) is 24.2 Å². The summed E-state index contributed by atoms with van der Waals surface area (Å²) in [5.41, 5.74) is 4.64. The summed E-state index contributed by atoms with van der Waals surface area (Å²) in [6.45, 7) is 10.2. The van der Waals surface area contributed by atoms with Gasteiger partial charge in [-0.3, -0.25) is 4.98 Å². The van der Waals surface area contributed by atoms with Crippen LogP contribution in [0.5, 0.6) is 5.75 Å². The van der Waals surface area contributed by atoms with Crippen molar-refractivity contribution in [1.82, 2.24) is 10.4 Å². The number of nitrogens with one attached hydrogen (secondary N) is 1. The molecule has 7 heteroatoms. The predicted octanol–water partition coefficient (Wildman–Crippen LogP) is 5.13. The molecule has 0 fully saturated rings. The molecule has 0 aliphatic heterocycles. The van der Waals surface area contributed by atoms with Crippen molar-refractivity contribution in [3.8, 4) is 5.75 Å². The number of carbonyl (C=O) groups excluding carboxylic acids is 2. The number of aryl methyl sites for hydroxylation is 1. The Balaban J connectivity index is 0.000000246. The fourth-order valence-corrected chi connectivity index (χ4v) is 6.58. The minimum Gasteiger partial charge on any atom is -0.493 e. The van der Waals surface area contributed by atoms with Gasteiger partial charge < -0.3 is 4.74 Å². The first kappa shape index (κ1) is 27.4. The molecule has 0 atom stereocenters. The molecule has 0 aliphatic carbocycles. The predicted molar refractivity (Wildman–Crippen MR) is 143 cm³/mol. The minimum atomic E-state index is -2.09. The summed E-state index contributed by atoms with van der Waals surface area (Å²) in [6.07, 6.45) is 5.21. The van der Waals surface area contributed by atoms with E-state index < -0.39 is 18.4 Å². The molecule has 0 unspecified atom stereocenters. The maximum atomic E-state index is 11.9. The molecule has 2 amide bonds. The molecule has 0 radical (unpaired) electrons. The number of hydrogen-bond acceptors (Lipinski definition) is 4. The van der Waals surface area contributed by atoms with Gasteiger partial charge in [-0.25, -0.2) is 0 Å². The zero-order valence-electron chi connectivity index (χ0n) is 21.0. The Morgan fingerprint density at radius 2 is 1.79 bits per heavy atom. The average Bonchev–Trinajstić information content (AvgIpc) is 2.82. The van der Waals surface area contributed by atoms with Gasteiger partial charge in [0.1, 0.15) is 5.75 Å². The van der Waals surface area contributed by atoms with Gasteiger partial charge in [0, 0.05) is 23.2 Å². The Morgan fingerprint density at radius 3 is 2.35 bits per heavy atom. The van der Waals surface area contributed by atoms with Crippen LogP contribution in [0.4, 0.5) is 5.69 Å². The Morgan fingerprint density at radius 1 is 1.12 bits per heavy atom. The number of carbonyl (C=O) groups is 2. The van der Waals surface area contributed by atoms with Crippen LogP contribution in [-0.2, 0) is 9.59 Å². The number of benzene rings is 2. The average molecular weight is 568 g/mol. The Labute approximate surface area is 206 Å². The first-order valence-corrected chi connectivity index (χ1v) is 21.4. The third-order valence-electron chi connectivity index (χ3n) is 5.20. The second-order valence-corrected chi connectivity index (χ2v) is 23.6. The molecule has 1 heterocycles. The van der Waals surface area contributed by atoms with E-state index in [1.807, 2.05) is 42.6 Å². The van der Waals surface area contributed by atoms with Crippen molar-refractivity contribution >= 4 is 50.7 Å². The van der Waals surface area contributed by atoms with Crippen molar-refractivity contribution < 1.29 is 14.3 Å². The van der Waals surface area contributed by atoms with E-state index in [9.17, 15) is 9.59 Å². The first-order chi connectivity index (χ1) is 16.1. The molecule has 1 N–H and O–H groups in total. The van der Waals surface area contributed by atoms with E-state index in [1.165, 1.54) is 19.5 Å². The molecular formula is C27H35N3O3Sn. The van der Waals surface area contributed by atoms with Crippen LogP contribution < -0.4 is 18.8 Å². The van der Waals surface area contributed by atoms with Gasteiger partial charge in [0.25, 0.3) is 0 Å². The van der Waals surface area contributed by atoms with E-state index >= 15 is 0 Å². The van der Waals surface area contributed by atoms with Crippen molar-refractivity contribution in [3.05, 3.63) is 72.6 Å². The zero-order valence-corrected chi connectivity index (χ0v) is 23.9. The summed E-state index contributed by atoms with van der Waals surface area (Å²) in [6, 6.07) is 13.9. The van der Waals surface area contributed by atoms with Crippen LogP contribution in [-0.4, -0.2) is 42.3 Å². The molecule has 180 valence electrons. The van der Waals surface area contributed by atoms with Gasteiger partial charge in [-0.15, -0.1) is 0 Å². The molecule has 2 aromatic carbocycles. The molecule has 0 bridgehead atoms. The van der Waals surface area contributed by atoms with Crippen molar-refractivity contribution in [2.45, 2.75) is 42.0 Å². The molecule has 6 nitrogen and oxygen atoms in total. The number of amides is 2. The molecule has 3 aromatic rings. The Hall–Kier alpha value is -2.87. The summed E-state index contributed by atoms with van der Waals surface area (Å²) in [5.74, 6) is 0.638. The van der Waals surface area contributed by atoms with Crippen LogP contribution in [0.15, 0.2) is 67.0 Å². The summed E-state index contributed by atoms with van der Waals surface area (Å²) < 4.78 is 7.06. The third kappa shape index (κ3) is 7.32. The molecule has 0 saturated heterocycles. The maximum Gasteiger partial charge on any atom is 0.127 e. The maximum absolute atomic E-state index is 11.9. The SMILES string of the molecule is C=C(C)C(=O)N(NC=O)c1cc[c]([Sn]([CH3])([CH3])[CH3])cc1.CCCOc1ccc(C)c2cnccc12. The van der Waals surface area contributed by atoms with Gasteiger partial charge in [-0.2, -0.15) is 0 Å². The number of anilines is 1. The Bertz CT molecular complexity index is 1140. The fraction of sp³-hybridized carbons (Fsp3) is 0.296. The number of hydrazine groups is 1. The number of rotatable bonds is 8. The van der Waals surface area contributed by atoms with Crippen molar-refractivity contribution in [2.75, 3.05) is 11.6 Å². The topological polar surface area (TPSA) is 71.5 Å². The number of hydrogen-bond donors (Lipinski definition) is 1. The van der Waals surface area contributed by atoms with E-state index in [4.69, 9.17) is 4.74 Å². The normalized spacial score (nSPS) is 10.6. The van der Waals surface area contributed by atoms with Crippen molar-refractivity contribution in [3.63, 3.8) is 0 Å². The van der Waals surface area contributed by atoms with Crippen molar-refractivity contribution in [2.24, 2.45) is 0 Å². The van der Waals surface area contributed by atoms with Crippen LogP contribution in [0, 0.1) is 6.92 Å². The first-order valence-electron chi connectivity index (χ1n) is 11.4. The smallest absolute Gasteiger partial charge is 0.127 e. The van der Waals surface area contributed by atoms with Crippen LogP contribution in [0.25, 0.3) is 10.8 Å². The largest absolute Gasteiger partial charge is 0.493 e. The molecule has 0 spiro atoms. The third-order valence-corrected chi connectivity index (χ3v) is 11.1. The number of pyridine rings is 1. The van der Waals surface area contributed by atoms with E-state index in [-0.39, 0.29) is 5.91 Å². The van der Waals surface area contributed by atoms with Gasteiger partial charge in [0.15, 0.2) is 0 Å². The van der Waals surface area contributed by atoms with Crippen LogP contribution in [0.2, 0.25) is 14.8 Å². The number of ether oxygens (including phenoxy) is 1. The van der Waals surface area contributed by atoms with E-state index in [2.05, 4.69) is 51.7 Å². The molecule has 0 saturated carbocycles. The van der Waals surface area contributed by atoms with Gasteiger partial charge in [-0.1, -0.05) is 13.0 Å². The summed E-state index contributed by atoms with van der Waals surface area (Å²) >= 11 is -2.09. The van der Waals surface area contributed by atoms with Gasteiger partial charge >= 0.3 is 118 Å². The fourth-order valence-electron chi connectivity index (χ4n) is 3.25. The monoisotopic (exact) mass is 569 g/mol. The minimum absolute atomic E-state index is 0.320. The van der Waals surface area contributed by atoms with Gasteiger partial charge in [0.2, 0.25) is 0 Å². The van der Waals surface area contributed by atoms with Gasteiger partial charge in [-0.05, 0) is 31.0 Å². The quantitative estimate of drug-likeness (QED) is 0.177.